The van der Waals surface area contributed by atoms with Gasteiger partial charge in [0, 0.05) is 24.4 Å². The molecule has 120 valence electrons. The number of carbonyl (C=O) groups is 2. The standard InChI is InChI=1S/C15H21N3O3S/c1-21-13(19)11-6-3-7-18(8-11)15(20)17-14-16-12(9-22-14)10-4-2-5-10/h9-11H,2-8H2,1H3,(H,16,17,20)/t11-/m1/s1. The molecule has 3 rings (SSSR count). The summed E-state index contributed by atoms with van der Waals surface area (Å²) in [4.78, 5) is 30.1. The van der Waals surface area contributed by atoms with Gasteiger partial charge < -0.3 is 9.64 Å². The van der Waals surface area contributed by atoms with E-state index in [9.17, 15) is 9.59 Å². The van der Waals surface area contributed by atoms with Crippen LogP contribution in [0.3, 0.4) is 0 Å². The Balaban J connectivity index is 1.56. The van der Waals surface area contributed by atoms with E-state index in [-0.39, 0.29) is 17.9 Å². The van der Waals surface area contributed by atoms with Crippen molar-refractivity contribution in [1.29, 1.82) is 0 Å². The number of carbonyl (C=O) groups excluding carboxylic acids is 2. The fraction of sp³-hybridized carbons (Fsp3) is 0.667. The van der Waals surface area contributed by atoms with Crippen LogP contribution in [-0.4, -0.2) is 42.1 Å². The minimum absolute atomic E-state index is 0.178. The maximum Gasteiger partial charge on any atom is 0.323 e. The highest BCUT2D eigenvalue weighted by Gasteiger charge is 2.29. The number of nitrogens with one attached hydrogen (secondary N) is 1. The highest BCUT2D eigenvalue weighted by atomic mass is 32.1. The molecule has 0 bridgehead atoms. The van der Waals surface area contributed by atoms with Crippen LogP contribution >= 0.6 is 11.3 Å². The highest BCUT2D eigenvalue weighted by Crippen LogP contribution is 2.37. The van der Waals surface area contributed by atoms with Crippen molar-refractivity contribution in [3.63, 3.8) is 0 Å². The molecule has 0 spiro atoms. The first-order valence-electron chi connectivity index (χ1n) is 7.76. The lowest BCUT2D eigenvalue weighted by atomic mass is 9.83. The fourth-order valence-electron chi connectivity index (χ4n) is 2.93. The van der Waals surface area contributed by atoms with Crippen molar-refractivity contribution < 1.29 is 14.3 Å². The van der Waals surface area contributed by atoms with Crippen molar-refractivity contribution in [3.05, 3.63) is 11.1 Å². The number of esters is 1. The number of amides is 2. The molecule has 1 N–H and O–H groups in total. The summed E-state index contributed by atoms with van der Waals surface area (Å²) in [7, 11) is 1.39. The topological polar surface area (TPSA) is 71.5 Å². The number of thiazole rings is 1. The number of urea groups is 1. The first-order chi connectivity index (χ1) is 10.7. The van der Waals surface area contributed by atoms with Gasteiger partial charge in [0.05, 0.1) is 18.7 Å². The minimum Gasteiger partial charge on any atom is -0.469 e. The van der Waals surface area contributed by atoms with Gasteiger partial charge in [0.25, 0.3) is 0 Å². The zero-order valence-electron chi connectivity index (χ0n) is 12.7. The van der Waals surface area contributed by atoms with E-state index in [0.717, 1.165) is 18.5 Å². The van der Waals surface area contributed by atoms with Crippen LogP contribution in [0.2, 0.25) is 0 Å². The summed E-state index contributed by atoms with van der Waals surface area (Å²) in [6.45, 7) is 1.08. The summed E-state index contributed by atoms with van der Waals surface area (Å²) in [6, 6.07) is -0.178. The molecule has 1 atom stereocenters. The van der Waals surface area contributed by atoms with E-state index >= 15 is 0 Å². The first kappa shape index (κ1) is 15.3. The Morgan fingerprint density at radius 3 is 2.86 bits per heavy atom. The van der Waals surface area contributed by atoms with Gasteiger partial charge in [-0.05, 0) is 25.7 Å². The third-order valence-electron chi connectivity index (χ3n) is 4.50. The smallest absolute Gasteiger partial charge is 0.323 e. The molecule has 0 aromatic carbocycles. The van der Waals surface area contributed by atoms with Crippen molar-refractivity contribution >= 4 is 28.5 Å². The second-order valence-electron chi connectivity index (χ2n) is 5.94. The monoisotopic (exact) mass is 323 g/mol. The SMILES string of the molecule is COC(=O)[C@@H]1CCCN(C(=O)Nc2nc(C3CCC3)cs2)C1. The second kappa shape index (κ2) is 6.64. The first-order valence-corrected chi connectivity index (χ1v) is 8.64. The van der Waals surface area contributed by atoms with E-state index in [2.05, 4.69) is 10.3 Å². The predicted octanol–water partition coefficient (Wildman–Crippen LogP) is 2.83. The molecule has 1 saturated carbocycles. The Labute approximate surface area is 133 Å². The van der Waals surface area contributed by atoms with Gasteiger partial charge in [-0.3, -0.25) is 10.1 Å². The fourth-order valence-corrected chi connectivity index (χ4v) is 3.71. The van der Waals surface area contributed by atoms with Crippen LogP contribution in [0, 0.1) is 5.92 Å². The van der Waals surface area contributed by atoms with Crippen LogP contribution in [0.4, 0.5) is 9.93 Å². The summed E-state index contributed by atoms with van der Waals surface area (Å²) in [6.07, 6.45) is 5.26. The Morgan fingerprint density at radius 1 is 1.36 bits per heavy atom. The molecule has 1 aromatic heterocycles. The molecule has 7 heteroatoms. The van der Waals surface area contributed by atoms with Crippen molar-refractivity contribution in [1.82, 2.24) is 9.88 Å². The normalized spacial score (nSPS) is 22.0. The molecule has 6 nitrogen and oxygen atoms in total. The van der Waals surface area contributed by atoms with Crippen molar-refractivity contribution in [2.24, 2.45) is 5.92 Å². The van der Waals surface area contributed by atoms with Gasteiger partial charge in [-0.1, -0.05) is 6.42 Å². The Hall–Kier alpha value is -1.63. The van der Waals surface area contributed by atoms with E-state index < -0.39 is 0 Å². The number of rotatable bonds is 3. The molecule has 1 saturated heterocycles. The van der Waals surface area contributed by atoms with Crippen LogP contribution in [0.5, 0.6) is 0 Å². The molecular weight excluding hydrogens is 302 g/mol. The molecule has 1 aromatic rings. The quantitative estimate of drug-likeness (QED) is 0.868. The van der Waals surface area contributed by atoms with Gasteiger partial charge >= 0.3 is 12.0 Å². The third-order valence-corrected chi connectivity index (χ3v) is 5.28. The number of ether oxygens (including phenoxy) is 1. The van der Waals surface area contributed by atoms with Crippen LogP contribution < -0.4 is 5.32 Å². The molecule has 0 unspecified atom stereocenters. The summed E-state index contributed by atoms with van der Waals surface area (Å²) in [5.41, 5.74) is 1.10. The van der Waals surface area contributed by atoms with Gasteiger partial charge in [0.1, 0.15) is 0 Å². The molecule has 2 aliphatic rings. The minimum atomic E-state index is -0.237. The molecular formula is C15H21N3O3S. The molecule has 22 heavy (non-hydrogen) atoms. The van der Waals surface area contributed by atoms with Crippen LogP contribution in [0.15, 0.2) is 5.38 Å². The Kier molecular flexibility index (Phi) is 4.61. The summed E-state index contributed by atoms with van der Waals surface area (Å²) in [5.74, 6) is 0.117. The number of aromatic nitrogens is 1. The molecule has 1 aliphatic heterocycles. The maximum absolute atomic E-state index is 12.3. The van der Waals surface area contributed by atoms with E-state index in [1.807, 2.05) is 5.38 Å². The van der Waals surface area contributed by atoms with E-state index in [1.165, 1.54) is 37.7 Å². The lowest BCUT2D eigenvalue weighted by molar-refractivity contribution is -0.146. The predicted molar refractivity (Wildman–Crippen MR) is 84.0 cm³/mol. The number of methoxy groups -OCH3 is 1. The third kappa shape index (κ3) is 3.24. The van der Waals surface area contributed by atoms with Gasteiger partial charge in [-0.25, -0.2) is 9.78 Å². The maximum atomic E-state index is 12.3. The van der Waals surface area contributed by atoms with Crippen LogP contribution in [0.25, 0.3) is 0 Å². The lowest BCUT2D eigenvalue weighted by Gasteiger charge is -2.31. The number of piperidine rings is 1. The summed E-state index contributed by atoms with van der Waals surface area (Å²) < 4.78 is 4.78. The number of nitrogens with zero attached hydrogens (tertiary/aromatic N) is 2. The Morgan fingerprint density at radius 2 is 2.18 bits per heavy atom. The average molecular weight is 323 g/mol. The Bertz CT molecular complexity index is 556. The van der Waals surface area contributed by atoms with E-state index in [0.29, 0.717) is 24.1 Å². The molecule has 2 heterocycles. The van der Waals surface area contributed by atoms with Gasteiger partial charge in [0.2, 0.25) is 0 Å². The summed E-state index contributed by atoms with van der Waals surface area (Å²) in [5, 5.41) is 5.53. The van der Waals surface area contributed by atoms with Crippen LogP contribution in [-0.2, 0) is 9.53 Å². The number of hydrogen-bond donors (Lipinski definition) is 1. The second-order valence-corrected chi connectivity index (χ2v) is 6.80. The van der Waals surface area contributed by atoms with Crippen LogP contribution in [0.1, 0.15) is 43.7 Å². The zero-order chi connectivity index (χ0) is 15.5. The zero-order valence-corrected chi connectivity index (χ0v) is 13.5. The molecule has 2 fully saturated rings. The van der Waals surface area contributed by atoms with Gasteiger partial charge in [0.15, 0.2) is 5.13 Å². The largest absolute Gasteiger partial charge is 0.469 e. The summed E-state index contributed by atoms with van der Waals surface area (Å²) >= 11 is 1.47. The van der Waals surface area contributed by atoms with Crippen molar-refractivity contribution in [2.45, 2.75) is 38.0 Å². The number of likely N-dealkylation sites (tertiary alicyclic amines) is 1. The lowest BCUT2D eigenvalue weighted by Crippen LogP contribution is -2.44. The van der Waals surface area contributed by atoms with Gasteiger partial charge in [-0.2, -0.15) is 0 Å². The van der Waals surface area contributed by atoms with E-state index in [4.69, 9.17) is 4.74 Å². The average Bonchev–Trinajstić information content (AvgIpc) is 2.92. The molecule has 1 aliphatic carbocycles. The molecule has 2 amide bonds. The van der Waals surface area contributed by atoms with Crippen molar-refractivity contribution in [2.75, 3.05) is 25.5 Å². The van der Waals surface area contributed by atoms with E-state index in [1.54, 1.807) is 4.90 Å². The van der Waals surface area contributed by atoms with Crippen molar-refractivity contribution in [3.8, 4) is 0 Å². The number of anilines is 1. The number of hydrogen-bond acceptors (Lipinski definition) is 5. The molecule has 0 radical (unpaired) electrons. The van der Waals surface area contributed by atoms with Gasteiger partial charge in [-0.15, -0.1) is 11.3 Å². The highest BCUT2D eigenvalue weighted by molar-refractivity contribution is 7.13.